The van der Waals surface area contributed by atoms with Crippen LogP contribution >= 0.6 is 11.6 Å². The normalized spacial score (nSPS) is 18.5. The zero-order valence-corrected chi connectivity index (χ0v) is 18.3. The lowest BCUT2D eigenvalue weighted by molar-refractivity contribution is -0.139. The molecule has 30 heavy (non-hydrogen) atoms. The number of ketones is 1. The van der Waals surface area contributed by atoms with Crippen LogP contribution in [0.5, 0.6) is 0 Å². The van der Waals surface area contributed by atoms with Crippen LogP contribution in [-0.4, -0.2) is 63.7 Å². The predicted octanol–water partition coefficient (Wildman–Crippen LogP) is 3.12. The fraction of sp³-hybridized carbons (Fsp3) is 0.364. The Bertz CT molecular complexity index is 1000. The largest absolute Gasteiger partial charge is 0.507 e. The van der Waals surface area contributed by atoms with Gasteiger partial charge in [0.2, 0.25) is 0 Å². The van der Waals surface area contributed by atoms with Crippen molar-refractivity contribution in [2.45, 2.75) is 26.3 Å². The highest BCUT2D eigenvalue weighted by atomic mass is 35.5. The number of hydrogen-bond donors (Lipinski definition) is 1. The van der Waals surface area contributed by atoms with E-state index in [0.717, 1.165) is 6.54 Å². The van der Waals surface area contributed by atoms with Crippen LogP contribution in [0.4, 0.5) is 0 Å². The average molecular weight is 429 g/mol. The molecule has 0 saturated carbocycles. The summed E-state index contributed by atoms with van der Waals surface area (Å²) in [6, 6.07) is 6.24. The third-order valence-corrected chi connectivity index (χ3v) is 5.34. The summed E-state index contributed by atoms with van der Waals surface area (Å²) >= 11 is 6.03. The molecule has 2 heterocycles. The summed E-state index contributed by atoms with van der Waals surface area (Å²) in [6.07, 6.45) is 2.17. The molecule has 1 fully saturated rings. The van der Waals surface area contributed by atoms with Crippen LogP contribution in [0.2, 0.25) is 5.02 Å². The van der Waals surface area contributed by atoms with Gasteiger partial charge in [0.15, 0.2) is 0 Å². The molecule has 0 spiro atoms. The molecule has 0 aliphatic carbocycles. The molecule has 1 atom stereocenters. The highest BCUT2D eigenvalue weighted by Crippen LogP contribution is 2.39. The molecule has 0 unspecified atom stereocenters. The lowest BCUT2D eigenvalue weighted by Crippen LogP contribution is -2.32. The van der Waals surface area contributed by atoms with Gasteiger partial charge in [0.1, 0.15) is 11.6 Å². The second-order valence-electron chi connectivity index (χ2n) is 7.62. The third kappa shape index (κ3) is 4.37. The van der Waals surface area contributed by atoms with Gasteiger partial charge in [0.05, 0.1) is 22.9 Å². The van der Waals surface area contributed by atoms with Crippen LogP contribution in [0.15, 0.2) is 36.0 Å². The van der Waals surface area contributed by atoms with Gasteiger partial charge < -0.3 is 14.9 Å². The van der Waals surface area contributed by atoms with Crippen LogP contribution < -0.4 is 0 Å². The summed E-state index contributed by atoms with van der Waals surface area (Å²) in [5.41, 5.74) is 1.62. The summed E-state index contributed by atoms with van der Waals surface area (Å²) in [5.74, 6) is -1.04. The van der Waals surface area contributed by atoms with E-state index in [9.17, 15) is 14.7 Å². The predicted molar refractivity (Wildman–Crippen MR) is 115 cm³/mol. The number of hydrogen-bond acceptors (Lipinski definition) is 6. The summed E-state index contributed by atoms with van der Waals surface area (Å²) in [6.45, 7) is 4.62. The molecule has 8 heteroatoms. The molecular formula is C22H25ClN4O3. The van der Waals surface area contributed by atoms with Gasteiger partial charge >= 0.3 is 0 Å². The van der Waals surface area contributed by atoms with Crippen molar-refractivity contribution in [1.82, 2.24) is 19.8 Å². The molecule has 1 saturated heterocycles. The van der Waals surface area contributed by atoms with E-state index in [-0.39, 0.29) is 11.3 Å². The van der Waals surface area contributed by atoms with Crippen molar-refractivity contribution in [3.8, 4) is 0 Å². The fourth-order valence-corrected chi connectivity index (χ4v) is 3.75. The van der Waals surface area contributed by atoms with E-state index in [1.54, 1.807) is 38.1 Å². The standard InChI is InChI=1S/C22H25ClN4O3/c1-13-17(12-24-14(2)25-13)20(28)18-19(15-6-8-16(23)9-7-15)27(22(30)21(18)29)11-5-10-26(3)4/h6-9,12,19,28H,5,10-11H2,1-4H3/b20-18+/t19-/m0/s1. The number of benzene rings is 1. The number of Topliss-reactive ketones (excluding diaryl/α,β-unsaturated/α-hetero) is 1. The van der Waals surface area contributed by atoms with Crippen molar-refractivity contribution < 1.29 is 14.7 Å². The van der Waals surface area contributed by atoms with Crippen molar-refractivity contribution in [1.29, 1.82) is 0 Å². The van der Waals surface area contributed by atoms with E-state index >= 15 is 0 Å². The van der Waals surface area contributed by atoms with Crippen molar-refractivity contribution in [3.63, 3.8) is 0 Å². The Kier molecular flexibility index (Phi) is 6.53. The van der Waals surface area contributed by atoms with Gasteiger partial charge in [-0.3, -0.25) is 9.59 Å². The molecule has 158 valence electrons. The average Bonchev–Trinajstić information content (AvgIpc) is 2.93. The monoisotopic (exact) mass is 428 g/mol. The highest BCUT2D eigenvalue weighted by molar-refractivity contribution is 6.46. The Morgan fingerprint density at radius 3 is 2.47 bits per heavy atom. The molecule has 2 aromatic rings. The molecule has 1 aliphatic rings. The minimum atomic E-state index is -0.711. The number of aryl methyl sites for hydroxylation is 2. The number of likely N-dealkylation sites (tertiary alicyclic amines) is 1. The zero-order valence-electron chi connectivity index (χ0n) is 17.5. The molecule has 7 nitrogen and oxygen atoms in total. The van der Waals surface area contributed by atoms with Crippen LogP contribution in [0.25, 0.3) is 5.76 Å². The third-order valence-electron chi connectivity index (χ3n) is 5.08. The molecule has 1 aromatic carbocycles. The summed E-state index contributed by atoms with van der Waals surface area (Å²) in [7, 11) is 3.90. The smallest absolute Gasteiger partial charge is 0.295 e. The summed E-state index contributed by atoms with van der Waals surface area (Å²) < 4.78 is 0. The van der Waals surface area contributed by atoms with E-state index < -0.39 is 17.7 Å². The van der Waals surface area contributed by atoms with E-state index in [2.05, 4.69) is 9.97 Å². The first-order chi connectivity index (χ1) is 14.2. The number of halogens is 1. The molecule has 1 N–H and O–H groups in total. The fourth-order valence-electron chi connectivity index (χ4n) is 3.62. The van der Waals surface area contributed by atoms with Gasteiger partial charge in [-0.05, 0) is 58.6 Å². The molecule has 1 aliphatic heterocycles. The first-order valence-electron chi connectivity index (χ1n) is 9.70. The lowest BCUT2D eigenvalue weighted by Gasteiger charge is -2.26. The maximum Gasteiger partial charge on any atom is 0.295 e. The summed E-state index contributed by atoms with van der Waals surface area (Å²) in [5, 5.41) is 11.6. The van der Waals surface area contributed by atoms with E-state index in [1.165, 1.54) is 11.1 Å². The SMILES string of the molecule is Cc1ncc(/C(O)=C2\C(=O)C(=O)N(CCCN(C)C)[C@H]2c2ccc(Cl)cc2)c(C)n1. The topological polar surface area (TPSA) is 86.6 Å². The number of rotatable bonds is 6. The van der Waals surface area contributed by atoms with Gasteiger partial charge in [0, 0.05) is 17.8 Å². The van der Waals surface area contributed by atoms with E-state index in [1.807, 2.05) is 19.0 Å². The Morgan fingerprint density at radius 1 is 1.20 bits per heavy atom. The number of aliphatic hydroxyl groups excluding tert-OH is 1. The van der Waals surface area contributed by atoms with Crippen molar-refractivity contribution in [2.24, 2.45) is 0 Å². The van der Waals surface area contributed by atoms with Gasteiger partial charge in [-0.25, -0.2) is 9.97 Å². The first kappa shape index (κ1) is 21.9. The first-order valence-corrected chi connectivity index (χ1v) is 10.1. The molecule has 0 radical (unpaired) electrons. The second-order valence-corrected chi connectivity index (χ2v) is 8.05. The van der Waals surface area contributed by atoms with E-state index in [4.69, 9.17) is 11.6 Å². The second kappa shape index (κ2) is 8.93. The maximum atomic E-state index is 13.0. The number of aromatic nitrogens is 2. The zero-order chi connectivity index (χ0) is 22.0. The summed E-state index contributed by atoms with van der Waals surface area (Å²) in [4.78, 5) is 37.8. The van der Waals surface area contributed by atoms with Gasteiger partial charge in [-0.15, -0.1) is 0 Å². The Morgan fingerprint density at radius 2 is 1.87 bits per heavy atom. The molecule has 1 amide bonds. The highest BCUT2D eigenvalue weighted by Gasteiger charge is 2.46. The van der Waals surface area contributed by atoms with Gasteiger partial charge in [-0.1, -0.05) is 23.7 Å². The minimum Gasteiger partial charge on any atom is -0.507 e. The Balaban J connectivity index is 2.12. The molecule has 1 aromatic heterocycles. The van der Waals surface area contributed by atoms with Crippen LogP contribution in [0.3, 0.4) is 0 Å². The van der Waals surface area contributed by atoms with Crippen molar-refractivity contribution in [3.05, 3.63) is 63.7 Å². The Labute approximate surface area is 181 Å². The van der Waals surface area contributed by atoms with E-state index in [0.29, 0.717) is 40.6 Å². The van der Waals surface area contributed by atoms with Gasteiger partial charge in [-0.2, -0.15) is 0 Å². The van der Waals surface area contributed by atoms with Crippen molar-refractivity contribution in [2.75, 3.05) is 27.2 Å². The number of amides is 1. The lowest BCUT2D eigenvalue weighted by atomic mass is 9.95. The number of carbonyl (C=O) groups excluding carboxylic acids is 2. The number of nitrogens with zero attached hydrogens (tertiary/aromatic N) is 4. The molecule has 3 rings (SSSR count). The molecular weight excluding hydrogens is 404 g/mol. The van der Waals surface area contributed by atoms with Crippen molar-refractivity contribution >= 4 is 29.1 Å². The quantitative estimate of drug-likeness (QED) is 0.432. The number of carbonyl (C=O) groups is 2. The molecule has 0 bridgehead atoms. The van der Waals surface area contributed by atoms with Crippen LogP contribution in [-0.2, 0) is 9.59 Å². The Hall–Kier alpha value is -2.77. The maximum absolute atomic E-state index is 13.0. The van der Waals surface area contributed by atoms with Crippen LogP contribution in [0.1, 0.15) is 35.1 Å². The number of aliphatic hydroxyl groups is 1. The van der Waals surface area contributed by atoms with Crippen LogP contribution in [0, 0.1) is 13.8 Å². The minimum absolute atomic E-state index is 0.0442. The van der Waals surface area contributed by atoms with Gasteiger partial charge in [0.25, 0.3) is 11.7 Å².